The third-order valence-corrected chi connectivity index (χ3v) is 5.22. The Hall–Kier alpha value is -2.01. The number of nitrogens with zero attached hydrogens (tertiary/aromatic N) is 3. The summed E-state index contributed by atoms with van der Waals surface area (Å²) in [6.07, 6.45) is 8.09. The molecule has 4 rings (SSSR count). The van der Waals surface area contributed by atoms with E-state index in [0.29, 0.717) is 23.0 Å². The van der Waals surface area contributed by atoms with E-state index >= 15 is 0 Å². The fourth-order valence-corrected chi connectivity index (χ4v) is 3.95. The third-order valence-electron chi connectivity index (χ3n) is 5.22. The average Bonchev–Trinajstić information content (AvgIpc) is 3.15. The quantitative estimate of drug-likeness (QED) is 0.924. The number of nitrogens with one attached hydrogen (secondary N) is 1. The number of benzene rings is 1. The SMILES string of the molecule is O=C(c1cccc2nccnc12)N1CCC(C2CCCN2)CC1. The second-order valence-corrected chi connectivity index (χ2v) is 6.56. The van der Waals surface area contributed by atoms with Gasteiger partial charge in [0.15, 0.2) is 0 Å². The highest BCUT2D eigenvalue weighted by Gasteiger charge is 2.30. The first-order chi connectivity index (χ1) is 11.3. The maximum atomic E-state index is 12.9. The lowest BCUT2D eigenvalue weighted by atomic mass is 9.88. The van der Waals surface area contributed by atoms with Gasteiger partial charge in [-0.25, -0.2) is 0 Å². The summed E-state index contributed by atoms with van der Waals surface area (Å²) < 4.78 is 0. The van der Waals surface area contributed by atoms with Crippen molar-refractivity contribution in [2.24, 2.45) is 5.92 Å². The number of fused-ring (bicyclic) bond motifs is 1. The molecule has 1 aromatic heterocycles. The summed E-state index contributed by atoms with van der Waals surface area (Å²) in [5.74, 6) is 0.808. The zero-order chi connectivity index (χ0) is 15.6. The molecule has 1 aromatic carbocycles. The van der Waals surface area contributed by atoms with Gasteiger partial charge in [0.2, 0.25) is 0 Å². The van der Waals surface area contributed by atoms with Crippen LogP contribution in [0.1, 0.15) is 36.0 Å². The van der Waals surface area contributed by atoms with E-state index in [9.17, 15) is 4.79 Å². The molecule has 1 unspecified atom stereocenters. The predicted octanol–water partition coefficient (Wildman–Crippen LogP) is 2.23. The molecule has 5 nitrogen and oxygen atoms in total. The average molecular weight is 310 g/mol. The molecule has 2 aliphatic rings. The molecule has 120 valence electrons. The molecule has 5 heteroatoms. The van der Waals surface area contributed by atoms with Gasteiger partial charge in [0.25, 0.3) is 5.91 Å². The number of hydrogen-bond donors (Lipinski definition) is 1. The fourth-order valence-electron chi connectivity index (χ4n) is 3.95. The fraction of sp³-hybridized carbons (Fsp3) is 0.500. The van der Waals surface area contributed by atoms with E-state index in [0.717, 1.165) is 38.0 Å². The summed E-state index contributed by atoms with van der Waals surface area (Å²) in [6.45, 7) is 2.84. The Balaban J connectivity index is 1.49. The van der Waals surface area contributed by atoms with E-state index in [4.69, 9.17) is 0 Å². The summed E-state index contributed by atoms with van der Waals surface area (Å²) in [4.78, 5) is 23.5. The first-order valence-electron chi connectivity index (χ1n) is 8.55. The molecule has 23 heavy (non-hydrogen) atoms. The molecule has 0 spiro atoms. The van der Waals surface area contributed by atoms with Crippen LogP contribution in [0.4, 0.5) is 0 Å². The van der Waals surface area contributed by atoms with Crippen molar-refractivity contribution < 1.29 is 4.79 Å². The number of para-hydroxylation sites is 1. The van der Waals surface area contributed by atoms with E-state index in [1.54, 1.807) is 12.4 Å². The molecule has 2 saturated heterocycles. The van der Waals surface area contributed by atoms with Gasteiger partial charge in [-0.1, -0.05) is 6.07 Å². The van der Waals surface area contributed by atoms with Gasteiger partial charge in [-0.05, 0) is 50.3 Å². The number of likely N-dealkylation sites (tertiary alicyclic amines) is 1. The summed E-state index contributed by atoms with van der Waals surface area (Å²) >= 11 is 0. The summed E-state index contributed by atoms with van der Waals surface area (Å²) in [6, 6.07) is 6.32. The van der Waals surface area contributed by atoms with Crippen LogP contribution in [0.15, 0.2) is 30.6 Å². The van der Waals surface area contributed by atoms with Crippen molar-refractivity contribution in [1.82, 2.24) is 20.2 Å². The molecule has 0 saturated carbocycles. The minimum absolute atomic E-state index is 0.0916. The van der Waals surface area contributed by atoms with Gasteiger partial charge in [0.1, 0.15) is 5.52 Å². The molecule has 0 radical (unpaired) electrons. The van der Waals surface area contributed by atoms with Crippen LogP contribution in [-0.4, -0.2) is 46.5 Å². The van der Waals surface area contributed by atoms with Crippen LogP contribution in [-0.2, 0) is 0 Å². The van der Waals surface area contributed by atoms with Crippen molar-refractivity contribution in [3.05, 3.63) is 36.2 Å². The van der Waals surface area contributed by atoms with Crippen LogP contribution in [0.25, 0.3) is 11.0 Å². The predicted molar refractivity (Wildman–Crippen MR) is 89.2 cm³/mol. The van der Waals surface area contributed by atoms with Crippen LogP contribution in [0.5, 0.6) is 0 Å². The molecule has 0 bridgehead atoms. The maximum absolute atomic E-state index is 12.9. The summed E-state index contributed by atoms with van der Waals surface area (Å²) in [5.41, 5.74) is 2.16. The molecular weight excluding hydrogens is 288 g/mol. The van der Waals surface area contributed by atoms with Crippen molar-refractivity contribution in [2.45, 2.75) is 31.7 Å². The molecule has 1 atom stereocenters. The molecule has 1 N–H and O–H groups in total. The highest BCUT2D eigenvalue weighted by molar-refractivity contribution is 6.04. The van der Waals surface area contributed by atoms with Crippen LogP contribution >= 0.6 is 0 Å². The van der Waals surface area contributed by atoms with Crippen LogP contribution in [0.3, 0.4) is 0 Å². The van der Waals surface area contributed by atoms with E-state index < -0.39 is 0 Å². The first kappa shape index (κ1) is 14.6. The largest absolute Gasteiger partial charge is 0.339 e. The lowest BCUT2D eigenvalue weighted by Gasteiger charge is -2.35. The maximum Gasteiger partial charge on any atom is 0.256 e. The number of amides is 1. The Morgan fingerprint density at radius 2 is 1.96 bits per heavy atom. The van der Waals surface area contributed by atoms with Gasteiger partial charge in [0.05, 0.1) is 11.1 Å². The Labute approximate surface area is 136 Å². The standard InChI is InChI=1S/C18H22N4O/c23-18(14-3-1-4-16-17(14)21-10-9-20-16)22-11-6-13(7-12-22)15-5-2-8-19-15/h1,3-4,9-10,13,15,19H,2,5-8,11-12H2. The van der Waals surface area contributed by atoms with Crippen molar-refractivity contribution in [1.29, 1.82) is 0 Å². The van der Waals surface area contributed by atoms with Crippen molar-refractivity contribution in [2.75, 3.05) is 19.6 Å². The number of hydrogen-bond acceptors (Lipinski definition) is 4. The molecule has 0 aliphatic carbocycles. The number of carbonyl (C=O) groups is 1. The second kappa shape index (κ2) is 6.24. The van der Waals surface area contributed by atoms with Gasteiger partial charge < -0.3 is 10.2 Å². The molecular formula is C18H22N4O. The molecule has 1 amide bonds. The van der Waals surface area contributed by atoms with Crippen LogP contribution < -0.4 is 5.32 Å². The Bertz CT molecular complexity index is 698. The minimum atomic E-state index is 0.0916. The van der Waals surface area contributed by atoms with Crippen molar-refractivity contribution >= 4 is 16.9 Å². The van der Waals surface area contributed by atoms with Gasteiger partial charge in [-0.3, -0.25) is 14.8 Å². The van der Waals surface area contributed by atoms with E-state index in [1.165, 1.54) is 12.8 Å². The number of piperidine rings is 1. The van der Waals surface area contributed by atoms with E-state index in [-0.39, 0.29) is 5.91 Å². The zero-order valence-corrected chi connectivity index (χ0v) is 13.2. The number of rotatable bonds is 2. The van der Waals surface area contributed by atoms with Gasteiger partial charge >= 0.3 is 0 Å². The third kappa shape index (κ3) is 2.81. The highest BCUT2D eigenvalue weighted by Crippen LogP contribution is 2.27. The highest BCUT2D eigenvalue weighted by atomic mass is 16.2. The topological polar surface area (TPSA) is 58.1 Å². The Morgan fingerprint density at radius 1 is 1.13 bits per heavy atom. The number of carbonyl (C=O) groups excluding carboxylic acids is 1. The van der Waals surface area contributed by atoms with Crippen LogP contribution in [0.2, 0.25) is 0 Å². The Kier molecular flexibility index (Phi) is 3.95. The van der Waals surface area contributed by atoms with E-state index in [2.05, 4.69) is 15.3 Å². The van der Waals surface area contributed by atoms with Gasteiger partial charge in [0, 0.05) is 31.5 Å². The second-order valence-electron chi connectivity index (χ2n) is 6.56. The molecule has 2 aromatic rings. The van der Waals surface area contributed by atoms with Crippen molar-refractivity contribution in [3.8, 4) is 0 Å². The monoisotopic (exact) mass is 310 g/mol. The first-order valence-corrected chi connectivity index (χ1v) is 8.55. The minimum Gasteiger partial charge on any atom is -0.339 e. The zero-order valence-electron chi connectivity index (χ0n) is 13.2. The lowest BCUT2D eigenvalue weighted by Crippen LogP contribution is -2.43. The molecule has 2 fully saturated rings. The molecule has 3 heterocycles. The van der Waals surface area contributed by atoms with Gasteiger partial charge in [-0.2, -0.15) is 0 Å². The lowest BCUT2D eigenvalue weighted by molar-refractivity contribution is 0.0676. The van der Waals surface area contributed by atoms with Gasteiger partial charge in [-0.15, -0.1) is 0 Å². The van der Waals surface area contributed by atoms with Crippen molar-refractivity contribution in [3.63, 3.8) is 0 Å². The normalized spacial score (nSPS) is 22.6. The van der Waals surface area contributed by atoms with Crippen LogP contribution in [0, 0.1) is 5.92 Å². The van der Waals surface area contributed by atoms with E-state index in [1.807, 2.05) is 23.1 Å². The molecule has 2 aliphatic heterocycles. The number of aromatic nitrogens is 2. The summed E-state index contributed by atoms with van der Waals surface area (Å²) in [7, 11) is 0. The smallest absolute Gasteiger partial charge is 0.256 e. The summed E-state index contributed by atoms with van der Waals surface area (Å²) in [5, 5.41) is 3.60. The Morgan fingerprint density at radius 3 is 2.74 bits per heavy atom.